The Hall–Kier alpha value is -3.93. The number of amides is 2. The van der Waals surface area contributed by atoms with Crippen LogP contribution in [0.3, 0.4) is 0 Å². The van der Waals surface area contributed by atoms with Crippen LogP contribution in [0.25, 0.3) is 10.8 Å². The number of nitrogens with one attached hydrogen (secondary N) is 1. The molecule has 37 heavy (non-hydrogen) atoms. The van der Waals surface area contributed by atoms with E-state index in [1.165, 1.54) is 16.7 Å². The molecule has 6 nitrogen and oxygen atoms in total. The highest BCUT2D eigenvalue weighted by atomic mass is 16.2. The lowest BCUT2D eigenvalue weighted by Crippen LogP contribution is -2.38. The minimum Gasteiger partial charge on any atom is -0.354 e. The lowest BCUT2D eigenvalue weighted by molar-refractivity contribution is 0.215. The predicted octanol–water partition coefficient (Wildman–Crippen LogP) is 6.14. The van der Waals surface area contributed by atoms with Gasteiger partial charge < -0.3 is 15.1 Å². The molecule has 190 valence electrons. The van der Waals surface area contributed by atoms with Crippen molar-refractivity contribution in [2.75, 3.05) is 36.4 Å². The van der Waals surface area contributed by atoms with Gasteiger partial charge in [-0.05, 0) is 43.7 Å². The van der Waals surface area contributed by atoms with E-state index < -0.39 is 0 Å². The number of aryl methyl sites for hydroxylation is 3. The van der Waals surface area contributed by atoms with E-state index in [2.05, 4.69) is 60.5 Å². The zero-order valence-corrected chi connectivity index (χ0v) is 22.0. The molecule has 0 bridgehead atoms. The quantitative estimate of drug-likeness (QED) is 0.363. The molecule has 1 saturated heterocycles. The fourth-order valence-corrected chi connectivity index (χ4v) is 5.14. The molecule has 1 aliphatic heterocycles. The van der Waals surface area contributed by atoms with Crippen molar-refractivity contribution < 1.29 is 4.79 Å². The number of benzene rings is 3. The van der Waals surface area contributed by atoms with Crippen LogP contribution in [0.4, 0.5) is 16.3 Å². The van der Waals surface area contributed by atoms with E-state index in [-0.39, 0.29) is 6.03 Å². The highest BCUT2D eigenvalue weighted by Gasteiger charge is 2.24. The summed E-state index contributed by atoms with van der Waals surface area (Å²) in [6.07, 6.45) is 2.56. The molecule has 0 unspecified atom stereocenters. The summed E-state index contributed by atoms with van der Waals surface area (Å²) < 4.78 is 0. The summed E-state index contributed by atoms with van der Waals surface area (Å²) in [6, 6.07) is 22.8. The third kappa shape index (κ3) is 5.58. The number of carbonyl (C=O) groups is 1. The number of nitrogens with zero attached hydrogens (tertiary/aromatic N) is 4. The summed E-state index contributed by atoms with van der Waals surface area (Å²) in [5.41, 5.74) is 5.68. The average Bonchev–Trinajstić information content (AvgIpc) is 3.17. The maximum atomic E-state index is 13.3. The minimum atomic E-state index is -0.0498. The molecule has 0 spiro atoms. The van der Waals surface area contributed by atoms with Crippen LogP contribution in [0, 0.1) is 13.8 Å². The smallest absolute Gasteiger partial charge is 0.321 e. The largest absolute Gasteiger partial charge is 0.354 e. The van der Waals surface area contributed by atoms with E-state index in [9.17, 15) is 4.79 Å². The van der Waals surface area contributed by atoms with E-state index in [0.717, 1.165) is 66.1 Å². The molecule has 6 heteroatoms. The zero-order chi connectivity index (χ0) is 25.8. The number of urea groups is 1. The van der Waals surface area contributed by atoms with E-state index in [4.69, 9.17) is 9.97 Å². The molecule has 4 aromatic rings. The van der Waals surface area contributed by atoms with Gasteiger partial charge in [-0.15, -0.1) is 0 Å². The van der Waals surface area contributed by atoms with Crippen molar-refractivity contribution in [2.45, 2.75) is 40.0 Å². The normalized spacial score (nSPS) is 14.0. The monoisotopic (exact) mass is 493 g/mol. The predicted molar refractivity (Wildman–Crippen MR) is 152 cm³/mol. The SMILES string of the molecule is CCc1nc(C)nc(N2CCCN(C(=O)Nc3cccc4ccccc34)CC2)c1Cc1ccc(C)cc1. The summed E-state index contributed by atoms with van der Waals surface area (Å²) in [5, 5.41) is 5.33. The van der Waals surface area contributed by atoms with Gasteiger partial charge in [-0.2, -0.15) is 0 Å². The fourth-order valence-electron chi connectivity index (χ4n) is 5.14. The first-order valence-electron chi connectivity index (χ1n) is 13.2. The number of aromatic nitrogens is 2. The molecule has 1 aromatic heterocycles. The number of fused-ring (bicyclic) bond motifs is 1. The third-order valence-electron chi connectivity index (χ3n) is 7.13. The molecule has 2 heterocycles. The minimum absolute atomic E-state index is 0.0498. The molecule has 3 aromatic carbocycles. The van der Waals surface area contributed by atoms with Gasteiger partial charge in [0.2, 0.25) is 0 Å². The van der Waals surface area contributed by atoms with Crippen LogP contribution in [0.15, 0.2) is 66.7 Å². The number of anilines is 2. The molecule has 0 atom stereocenters. The van der Waals surface area contributed by atoms with E-state index in [1.54, 1.807) is 0 Å². The summed E-state index contributed by atoms with van der Waals surface area (Å²) in [4.78, 5) is 27.3. The average molecular weight is 494 g/mol. The molecule has 1 fully saturated rings. The molecular weight excluding hydrogens is 458 g/mol. The van der Waals surface area contributed by atoms with Crippen LogP contribution >= 0.6 is 0 Å². The Morgan fingerprint density at radius 3 is 2.49 bits per heavy atom. The third-order valence-corrected chi connectivity index (χ3v) is 7.13. The topological polar surface area (TPSA) is 61.4 Å². The maximum absolute atomic E-state index is 13.3. The van der Waals surface area contributed by atoms with Gasteiger partial charge in [0.1, 0.15) is 11.6 Å². The molecular formula is C31H35N5O. The van der Waals surface area contributed by atoms with Crippen molar-refractivity contribution in [3.8, 4) is 0 Å². The van der Waals surface area contributed by atoms with Crippen molar-refractivity contribution in [1.82, 2.24) is 14.9 Å². The van der Waals surface area contributed by atoms with Gasteiger partial charge in [-0.3, -0.25) is 0 Å². The van der Waals surface area contributed by atoms with Gasteiger partial charge in [-0.1, -0.05) is 73.2 Å². The van der Waals surface area contributed by atoms with Crippen LogP contribution in [-0.2, 0) is 12.8 Å². The highest BCUT2D eigenvalue weighted by Crippen LogP contribution is 2.27. The van der Waals surface area contributed by atoms with Crippen molar-refractivity contribution in [3.05, 3.63) is 94.9 Å². The van der Waals surface area contributed by atoms with E-state index in [0.29, 0.717) is 13.1 Å². The highest BCUT2D eigenvalue weighted by molar-refractivity contribution is 6.01. The Kier molecular flexibility index (Phi) is 7.35. The molecule has 1 aliphatic rings. The summed E-state index contributed by atoms with van der Waals surface area (Å²) >= 11 is 0. The maximum Gasteiger partial charge on any atom is 0.321 e. The number of carbonyl (C=O) groups excluding carboxylic acids is 1. The van der Waals surface area contributed by atoms with Gasteiger partial charge in [0.25, 0.3) is 0 Å². The Morgan fingerprint density at radius 2 is 1.68 bits per heavy atom. The lowest BCUT2D eigenvalue weighted by atomic mass is 10.0. The molecule has 5 rings (SSSR count). The fraction of sp³-hybridized carbons (Fsp3) is 0.323. The number of hydrogen-bond acceptors (Lipinski definition) is 4. The first-order valence-corrected chi connectivity index (χ1v) is 13.2. The van der Waals surface area contributed by atoms with Crippen LogP contribution in [-0.4, -0.2) is 47.1 Å². The van der Waals surface area contributed by atoms with Crippen molar-refractivity contribution in [1.29, 1.82) is 0 Å². The van der Waals surface area contributed by atoms with E-state index >= 15 is 0 Å². The molecule has 2 amide bonds. The second-order valence-corrected chi connectivity index (χ2v) is 9.82. The first kappa shape index (κ1) is 24.8. The van der Waals surface area contributed by atoms with Crippen LogP contribution in [0.1, 0.15) is 41.6 Å². The summed E-state index contributed by atoms with van der Waals surface area (Å²) in [6.45, 7) is 9.20. The lowest BCUT2D eigenvalue weighted by Gasteiger charge is -2.26. The van der Waals surface area contributed by atoms with Gasteiger partial charge >= 0.3 is 6.03 Å². The Labute approximate surface area is 219 Å². The van der Waals surface area contributed by atoms with Gasteiger partial charge in [0, 0.05) is 49.2 Å². The Bertz CT molecular complexity index is 1390. The molecule has 1 N–H and O–H groups in total. The summed E-state index contributed by atoms with van der Waals surface area (Å²) in [5.74, 6) is 1.82. The van der Waals surface area contributed by atoms with Crippen molar-refractivity contribution in [2.24, 2.45) is 0 Å². The van der Waals surface area contributed by atoms with Crippen LogP contribution in [0.2, 0.25) is 0 Å². The summed E-state index contributed by atoms with van der Waals surface area (Å²) in [7, 11) is 0. The molecule has 0 radical (unpaired) electrons. The van der Waals surface area contributed by atoms with Gasteiger partial charge in [-0.25, -0.2) is 14.8 Å². The zero-order valence-electron chi connectivity index (χ0n) is 22.0. The van der Waals surface area contributed by atoms with Gasteiger partial charge in [0.15, 0.2) is 0 Å². The van der Waals surface area contributed by atoms with Crippen molar-refractivity contribution in [3.63, 3.8) is 0 Å². The van der Waals surface area contributed by atoms with Crippen LogP contribution < -0.4 is 10.2 Å². The Morgan fingerprint density at radius 1 is 0.892 bits per heavy atom. The molecule has 0 aliphatic carbocycles. The second kappa shape index (κ2) is 11.0. The van der Waals surface area contributed by atoms with Gasteiger partial charge in [0.05, 0.1) is 5.69 Å². The molecule has 0 saturated carbocycles. The standard InChI is InChI=1S/C31H35N5O/c1-4-28-27(21-24-15-13-22(2)14-16-24)30(33-23(3)32-28)35-17-8-18-36(20-19-35)31(37)34-29-12-7-10-25-9-5-6-11-26(25)29/h5-7,9-16H,4,8,17-21H2,1-3H3,(H,34,37). The first-order chi connectivity index (χ1) is 18.0. The van der Waals surface area contributed by atoms with E-state index in [1.807, 2.05) is 42.2 Å². The van der Waals surface area contributed by atoms with Crippen molar-refractivity contribution >= 4 is 28.3 Å². The Balaban J connectivity index is 1.35. The number of hydrogen-bond donors (Lipinski definition) is 1. The second-order valence-electron chi connectivity index (χ2n) is 9.82. The number of rotatable bonds is 5. The van der Waals surface area contributed by atoms with Crippen LogP contribution in [0.5, 0.6) is 0 Å².